The summed E-state index contributed by atoms with van der Waals surface area (Å²) in [4.78, 5) is 14.3. The van der Waals surface area contributed by atoms with Crippen molar-refractivity contribution in [2.24, 2.45) is 0 Å². The smallest absolute Gasteiger partial charge is 0.223 e. The molecule has 1 heterocycles. The number of carbonyl (C=O) groups excluding carboxylic acids is 1. The van der Waals surface area contributed by atoms with Gasteiger partial charge in [-0.05, 0) is 38.0 Å². The monoisotopic (exact) mass is 315 g/mol. The maximum absolute atomic E-state index is 13.0. The summed E-state index contributed by atoms with van der Waals surface area (Å²) in [6.45, 7) is 2.77. The van der Waals surface area contributed by atoms with E-state index < -0.39 is 17.2 Å². The fraction of sp³-hybridized carbons (Fsp3) is 0.533. The SMILES string of the molecule is CC1(O)CCCN(C(=O)CCSc2ccc(F)c(F)c2)C1. The van der Waals surface area contributed by atoms with Crippen molar-refractivity contribution in [1.29, 1.82) is 0 Å². The summed E-state index contributed by atoms with van der Waals surface area (Å²) in [7, 11) is 0. The molecule has 1 amide bonds. The molecule has 6 heteroatoms. The molecule has 1 saturated heterocycles. The molecule has 1 aromatic carbocycles. The summed E-state index contributed by atoms with van der Waals surface area (Å²) in [6.07, 6.45) is 1.83. The van der Waals surface area contributed by atoms with Crippen molar-refractivity contribution in [3.05, 3.63) is 29.8 Å². The second-order valence-electron chi connectivity index (χ2n) is 5.59. The zero-order chi connectivity index (χ0) is 15.5. The van der Waals surface area contributed by atoms with Gasteiger partial charge < -0.3 is 10.0 Å². The van der Waals surface area contributed by atoms with Crippen molar-refractivity contribution >= 4 is 17.7 Å². The predicted molar refractivity (Wildman–Crippen MR) is 78.1 cm³/mol. The molecule has 21 heavy (non-hydrogen) atoms. The van der Waals surface area contributed by atoms with Crippen molar-refractivity contribution in [3.63, 3.8) is 0 Å². The lowest BCUT2D eigenvalue weighted by molar-refractivity contribution is -0.137. The van der Waals surface area contributed by atoms with E-state index in [2.05, 4.69) is 0 Å². The van der Waals surface area contributed by atoms with Gasteiger partial charge in [0.15, 0.2) is 11.6 Å². The fourth-order valence-corrected chi connectivity index (χ4v) is 3.28. The molecule has 0 aliphatic carbocycles. The van der Waals surface area contributed by atoms with Gasteiger partial charge in [0.25, 0.3) is 0 Å². The minimum Gasteiger partial charge on any atom is -0.388 e. The van der Waals surface area contributed by atoms with E-state index in [9.17, 15) is 18.7 Å². The van der Waals surface area contributed by atoms with E-state index in [1.54, 1.807) is 11.8 Å². The van der Waals surface area contributed by atoms with Gasteiger partial charge in [-0.1, -0.05) is 0 Å². The molecule has 0 radical (unpaired) electrons. The standard InChI is InChI=1S/C15H19F2NO2S/c1-15(20)6-2-7-18(10-15)14(19)5-8-21-11-3-4-12(16)13(17)9-11/h3-4,9,20H,2,5-8,10H2,1H3. The molecule has 1 aliphatic heterocycles. The average molecular weight is 315 g/mol. The van der Waals surface area contributed by atoms with Crippen LogP contribution in [-0.4, -0.2) is 40.4 Å². The quantitative estimate of drug-likeness (QED) is 0.869. The fourth-order valence-electron chi connectivity index (χ4n) is 2.41. The lowest BCUT2D eigenvalue weighted by Gasteiger charge is -2.36. The average Bonchev–Trinajstić information content (AvgIpc) is 2.41. The Morgan fingerprint density at radius 1 is 1.43 bits per heavy atom. The number of amides is 1. The number of β-amino-alcohol motifs (C(OH)–C–C–N with tert-alkyl or cyclic N) is 1. The van der Waals surface area contributed by atoms with Crippen LogP contribution < -0.4 is 0 Å². The lowest BCUT2D eigenvalue weighted by Crippen LogP contribution is -2.48. The topological polar surface area (TPSA) is 40.5 Å². The number of carbonyl (C=O) groups is 1. The van der Waals surface area contributed by atoms with Crippen LogP contribution in [0.4, 0.5) is 8.78 Å². The maximum Gasteiger partial charge on any atom is 0.223 e. The van der Waals surface area contributed by atoms with Crippen LogP contribution in [0.15, 0.2) is 23.1 Å². The molecule has 0 saturated carbocycles. The highest BCUT2D eigenvalue weighted by atomic mass is 32.2. The first-order valence-corrected chi connectivity index (χ1v) is 7.94. The van der Waals surface area contributed by atoms with E-state index in [1.807, 2.05) is 0 Å². The first kappa shape index (κ1) is 16.2. The van der Waals surface area contributed by atoms with Crippen LogP contribution in [-0.2, 0) is 4.79 Å². The second kappa shape index (κ2) is 6.75. The minimum absolute atomic E-state index is 0.00920. The summed E-state index contributed by atoms with van der Waals surface area (Å²) >= 11 is 1.32. The van der Waals surface area contributed by atoms with Crippen molar-refractivity contribution < 1.29 is 18.7 Å². The number of thioether (sulfide) groups is 1. The van der Waals surface area contributed by atoms with Crippen LogP contribution in [0.5, 0.6) is 0 Å². The van der Waals surface area contributed by atoms with Gasteiger partial charge in [0.2, 0.25) is 5.91 Å². The number of rotatable bonds is 4. The Balaban J connectivity index is 1.80. The highest BCUT2D eigenvalue weighted by Gasteiger charge is 2.30. The van der Waals surface area contributed by atoms with E-state index in [0.717, 1.165) is 18.6 Å². The molecular formula is C15H19F2NO2S. The third-order valence-electron chi connectivity index (χ3n) is 3.50. The van der Waals surface area contributed by atoms with E-state index >= 15 is 0 Å². The minimum atomic E-state index is -0.876. The number of halogens is 2. The number of piperidine rings is 1. The molecule has 2 rings (SSSR count). The van der Waals surface area contributed by atoms with Gasteiger partial charge in [-0.25, -0.2) is 8.78 Å². The van der Waals surface area contributed by atoms with Crippen LogP contribution in [0.2, 0.25) is 0 Å². The van der Waals surface area contributed by atoms with Gasteiger partial charge in [-0.15, -0.1) is 11.8 Å². The van der Waals surface area contributed by atoms with Crippen molar-refractivity contribution in [2.75, 3.05) is 18.8 Å². The highest BCUT2D eigenvalue weighted by molar-refractivity contribution is 7.99. The Morgan fingerprint density at radius 2 is 2.19 bits per heavy atom. The third kappa shape index (κ3) is 4.68. The maximum atomic E-state index is 13.0. The van der Waals surface area contributed by atoms with Gasteiger partial charge in [0.1, 0.15) is 0 Å². The molecule has 1 atom stereocenters. The summed E-state index contributed by atoms with van der Waals surface area (Å²) in [5.41, 5.74) is -0.804. The Kier molecular flexibility index (Phi) is 5.22. The second-order valence-corrected chi connectivity index (χ2v) is 6.76. The molecule has 0 bridgehead atoms. The van der Waals surface area contributed by atoms with Crippen LogP contribution in [0.3, 0.4) is 0 Å². The molecule has 1 fully saturated rings. The molecule has 116 valence electrons. The van der Waals surface area contributed by atoms with Crippen LogP contribution in [0, 0.1) is 11.6 Å². The number of benzene rings is 1. The molecule has 1 N–H and O–H groups in total. The number of hydrogen-bond donors (Lipinski definition) is 1. The van der Waals surface area contributed by atoms with Crippen molar-refractivity contribution in [3.8, 4) is 0 Å². The summed E-state index contributed by atoms with van der Waals surface area (Å²) in [5.74, 6) is -1.25. The molecule has 1 aromatic rings. The molecule has 1 unspecified atom stereocenters. The summed E-state index contributed by atoms with van der Waals surface area (Å²) in [5, 5.41) is 9.98. The van der Waals surface area contributed by atoms with Crippen LogP contribution in [0.25, 0.3) is 0 Å². The van der Waals surface area contributed by atoms with E-state index in [-0.39, 0.29) is 5.91 Å². The van der Waals surface area contributed by atoms with E-state index in [0.29, 0.717) is 36.6 Å². The summed E-state index contributed by atoms with van der Waals surface area (Å²) in [6, 6.07) is 3.72. The van der Waals surface area contributed by atoms with Gasteiger partial charge >= 0.3 is 0 Å². The zero-order valence-corrected chi connectivity index (χ0v) is 12.8. The largest absolute Gasteiger partial charge is 0.388 e. The first-order valence-electron chi connectivity index (χ1n) is 6.95. The molecule has 1 aliphatic rings. The normalized spacial score (nSPS) is 22.4. The Labute approximate surface area is 127 Å². The van der Waals surface area contributed by atoms with Gasteiger partial charge in [-0.2, -0.15) is 0 Å². The van der Waals surface area contributed by atoms with E-state index in [4.69, 9.17) is 0 Å². The van der Waals surface area contributed by atoms with Crippen molar-refractivity contribution in [1.82, 2.24) is 4.90 Å². The predicted octanol–water partition coefficient (Wildman–Crippen LogP) is 2.82. The van der Waals surface area contributed by atoms with Gasteiger partial charge in [0.05, 0.1) is 5.60 Å². The zero-order valence-electron chi connectivity index (χ0n) is 11.9. The highest BCUT2D eigenvalue weighted by Crippen LogP contribution is 2.23. The molecule has 0 spiro atoms. The first-order chi connectivity index (χ1) is 9.87. The van der Waals surface area contributed by atoms with Crippen LogP contribution in [0.1, 0.15) is 26.2 Å². The number of likely N-dealkylation sites (tertiary alicyclic amines) is 1. The van der Waals surface area contributed by atoms with Crippen LogP contribution >= 0.6 is 11.8 Å². The number of nitrogens with zero attached hydrogens (tertiary/aromatic N) is 1. The molecule has 3 nitrogen and oxygen atoms in total. The summed E-state index contributed by atoms with van der Waals surface area (Å²) < 4.78 is 25.8. The van der Waals surface area contributed by atoms with Gasteiger partial charge in [0, 0.05) is 30.2 Å². The third-order valence-corrected chi connectivity index (χ3v) is 4.50. The van der Waals surface area contributed by atoms with Gasteiger partial charge in [-0.3, -0.25) is 4.79 Å². The molecular weight excluding hydrogens is 296 g/mol. The van der Waals surface area contributed by atoms with E-state index in [1.165, 1.54) is 17.8 Å². The molecule has 0 aromatic heterocycles. The number of hydrogen-bond acceptors (Lipinski definition) is 3. The lowest BCUT2D eigenvalue weighted by atomic mass is 9.95. The Morgan fingerprint density at radius 3 is 2.86 bits per heavy atom. The van der Waals surface area contributed by atoms with Crippen molar-refractivity contribution in [2.45, 2.75) is 36.7 Å². The number of aliphatic hydroxyl groups is 1. The Hall–Kier alpha value is -1.14. The Bertz CT molecular complexity index is 522.